The Balaban J connectivity index is 0.00000243. The van der Waals surface area contributed by atoms with Crippen LogP contribution in [0.5, 0.6) is 11.5 Å². The van der Waals surface area contributed by atoms with Gasteiger partial charge in [-0.1, -0.05) is 6.07 Å². The normalized spacial score (nSPS) is 24.1. The van der Waals surface area contributed by atoms with Crippen molar-refractivity contribution in [3.05, 3.63) is 23.8 Å². The van der Waals surface area contributed by atoms with Crippen LogP contribution in [0.25, 0.3) is 0 Å². The van der Waals surface area contributed by atoms with E-state index in [2.05, 4.69) is 17.6 Å². The van der Waals surface area contributed by atoms with Crippen LogP contribution in [0.1, 0.15) is 38.7 Å². The van der Waals surface area contributed by atoms with Crippen molar-refractivity contribution in [2.24, 2.45) is 4.99 Å². The van der Waals surface area contributed by atoms with Crippen LogP contribution in [-0.4, -0.2) is 44.5 Å². The van der Waals surface area contributed by atoms with E-state index in [9.17, 15) is 0 Å². The SMILES string of the molecule is CCNC(=NCc1ccc(OCC)c(OC)c1)NC1CC2CCC1O2.I. The molecule has 2 saturated heterocycles. The molecule has 0 aliphatic carbocycles. The highest BCUT2D eigenvalue weighted by atomic mass is 127. The van der Waals surface area contributed by atoms with Gasteiger partial charge in [0.2, 0.25) is 0 Å². The Kier molecular flexibility index (Phi) is 8.27. The summed E-state index contributed by atoms with van der Waals surface area (Å²) in [7, 11) is 1.66. The van der Waals surface area contributed by atoms with E-state index in [1.165, 1.54) is 6.42 Å². The molecular weight excluding hydrogens is 445 g/mol. The fourth-order valence-electron chi connectivity index (χ4n) is 3.54. The molecule has 0 saturated carbocycles. The first-order chi connectivity index (χ1) is 12.2. The summed E-state index contributed by atoms with van der Waals surface area (Å²) < 4.78 is 16.9. The van der Waals surface area contributed by atoms with Gasteiger partial charge in [0.25, 0.3) is 0 Å². The predicted molar refractivity (Wildman–Crippen MR) is 114 cm³/mol. The molecule has 0 aromatic heterocycles. The fraction of sp³-hybridized carbons (Fsp3) is 0.632. The Labute approximate surface area is 173 Å². The highest BCUT2D eigenvalue weighted by Gasteiger charge is 2.41. The maximum Gasteiger partial charge on any atom is 0.191 e. The van der Waals surface area contributed by atoms with Gasteiger partial charge in [-0.15, -0.1) is 24.0 Å². The van der Waals surface area contributed by atoms with Gasteiger partial charge >= 0.3 is 0 Å². The lowest BCUT2D eigenvalue weighted by atomic mass is 9.96. The van der Waals surface area contributed by atoms with Crippen molar-refractivity contribution in [1.82, 2.24) is 10.6 Å². The number of rotatable bonds is 7. The minimum atomic E-state index is 0. The second kappa shape index (κ2) is 10.2. The lowest BCUT2D eigenvalue weighted by molar-refractivity contribution is 0.0992. The highest BCUT2D eigenvalue weighted by molar-refractivity contribution is 14.0. The third-order valence-corrected chi connectivity index (χ3v) is 4.72. The van der Waals surface area contributed by atoms with Crippen molar-refractivity contribution in [1.29, 1.82) is 0 Å². The van der Waals surface area contributed by atoms with Gasteiger partial charge in [0.1, 0.15) is 0 Å². The zero-order chi connectivity index (χ0) is 17.6. The first-order valence-corrected chi connectivity index (χ1v) is 9.23. The van der Waals surface area contributed by atoms with Gasteiger partial charge in [0.15, 0.2) is 17.5 Å². The maximum absolute atomic E-state index is 5.92. The fourth-order valence-corrected chi connectivity index (χ4v) is 3.54. The Hall–Kier alpha value is -1.22. The largest absolute Gasteiger partial charge is 0.493 e. The van der Waals surface area contributed by atoms with Crippen LogP contribution < -0.4 is 20.1 Å². The Morgan fingerprint density at radius 1 is 1.27 bits per heavy atom. The average Bonchev–Trinajstić information content (AvgIpc) is 3.24. The molecular formula is C19H30IN3O3. The lowest BCUT2D eigenvalue weighted by Gasteiger charge is -2.22. The van der Waals surface area contributed by atoms with Gasteiger partial charge in [-0.2, -0.15) is 0 Å². The van der Waals surface area contributed by atoms with E-state index in [-0.39, 0.29) is 24.0 Å². The van der Waals surface area contributed by atoms with Crippen LogP contribution in [0.2, 0.25) is 0 Å². The average molecular weight is 475 g/mol. The van der Waals surface area contributed by atoms with Crippen molar-refractivity contribution in [2.75, 3.05) is 20.3 Å². The number of nitrogens with zero attached hydrogens (tertiary/aromatic N) is 1. The highest BCUT2D eigenvalue weighted by Crippen LogP contribution is 2.34. The predicted octanol–water partition coefficient (Wildman–Crippen LogP) is 3.09. The number of halogens is 1. The van der Waals surface area contributed by atoms with Crippen LogP contribution >= 0.6 is 24.0 Å². The standard InChI is InChI=1S/C19H29N3O3.HI/c1-4-20-19(22-15-11-14-7-9-16(15)25-14)21-12-13-6-8-17(24-5-2)18(10-13)23-3;/h6,8,10,14-16H,4-5,7,9,11-12H2,1-3H3,(H2,20,21,22);1H. The monoisotopic (exact) mass is 475 g/mol. The van der Waals surface area contributed by atoms with E-state index in [1.807, 2.05) is 25.1 Å². The molecule has 1 aromatic carbocycles. The number of ether oxygens (including phenoxy) is 3. The van der Waals surface area contributed by atoms with Crippen LogP contribution in [0.15, 0.2) is 23.2 Å². The number of benzene rings is 1. The van der Waals surface area contributed by atoms with Crippen LogP contribution in [0, 0.1) is 0 Å². The molecule has 1 aromatic rings. The Morgan fingerprint density at radius 3 is 2.73 bits per heavy atom. The van der Waals surface area contributed by atoms with Crippen molar-refractivity contribution in [3.63, 3.8) is 0 Å². The summed E-state index contributed by atoms with van der Waals surface area (Å²) in [4.78, 5) is 4.72. The second-order valence-corrected chi connectivity index (χ2v) is 6.47. The number of aliphatic imine (C=N–C) groups is 1. The summed E-state index contributed by atoms with van der Waals surface area (Å²) in [5, 5.41) is 6.86. The number of nitrogens with one attached hydrogen (secondary N) is 2. The van der Waals surface area contributed by atoms with Gasteiger partial charge in [-0.25, -0.2) is 4.99 Å². The third kappa shape index (κ3) is 5.16. The molecule has 2 aliphatic rings. The molecule has 2 heterocycles. The zero-order valence-electron chi connectivity index (χ0n) is 15.8. The molecule has 2 aliphatic heterocycles. The molecule has 0 amide bonds. The summed E-state index contributed by atoms with van der Waals surface area (Å²) in [6, 6.07) is 6.32. The van der Waals surface area contributed by atoms with Crippen molar-refractivity contribution < 1.29 is 14.2 Å². The molecule has 2 bridgehead atoms. The number of guanidine groups is 1. The molecule has 3 atom stereocenters. The first kappa shape index (κ1) is 21.1. The molecule has 0 spiro atoms. The van der Waals surface area contributed by atoms with E-state index in [0.29, 0.717) is 31.4 Å². The molecule has 2 N–H and O–H groups in total. The zero-order valence-corrected chi connectivity index (χ0v) is 18.1. The summed E-state index contributed by atoms with van der Waals surface area (Å²) in [5.74, 6) is 2.35. The van der Waals surface area contributed by atoms with Crippen LogP contribution in [0.4, 0.5) is 0 Å². The number of hydrogen-bond donors (Lipinski definition) is 2. The number of hydrogen-bond acceptors (Lipinski definition) is 4. The molecule has 3 unspecified atom stereocenters. The lowest BCUT2D eigenvalue weighted by Crippen LogP contribution is -2.47. The van der Waals surface area contributed by atoms with Gasteiger partial charge in [-0.3, -0.25) is 0 Å². The van der Waals surface area contributed by atoms with Crippen LogP contribution in [0.3, 0.4) is 0 Å². The quantitative estimate of drug-likeness (QED) is 0.361. The molecule has 6 nitrogen and oxygen atoms in total. The van der Waals surface area contributed by atoms with E-state index in [4.69, 9.17) is 19.2 Å². The van der Waals surface area contributed by atoms with E-state index in [0.717, 1.165) is 42.4 Å². The van der Waals surface area contributed by atoms with Crippen LogP contribution in [-0.2, 0) is 11.3 Å². The number of methoxy groups -OCH3 is 1. The minimum Gasteiger partial charge on any atom is -0.493 e. The summed E-state index contributed by atoms with van der Waals surface area (Å²) in [5.41, 5.74) is 1.08. The first-order valence-electron chi connectivity index (χ1n) is 9.23. The molecule has 3 rings (SSSR count). The van der Waals surface area contributed by atoms with E-state index < -0.39 is 0 Å². The topological polar surface area (TPSA) is 64.1 Å². The molecule has 7 heteroatoms. The summed E-state index contributed by atoms with van der Waals surface area (Å²) in [6.07, 6.45) is 4.19. The second-order valence-electron chi connectivity index (χ2n) is 6.47. The Morgan fingerprint density at radius 2 is 2.12 bits per heavy atom. The van der Waals surface area contributed by atoms with Crippen molar-refractivity contribution in [2.45, 2.75) is 57.9 Å². The van der Waals surface area contributed by atoms with Crippen molar-refractivity contribution >= 4 is 29.9 Å². The van der Waals surface area contributed by atoms with Gasteiger partial charge in [0, 0.05) is 6.54 Å². The molecule has 2 fully saturated rings. The van der Waals surface area contributed by atoms with Gasteiger partial charge in [0.05, 0.1) is 38.5 Å². The Bertz CT molecular complexity index is 612. The molecule has 146 valence electrons. The van der Waals surface area contributed by atoms with E-state index in [1.54, 1.807) is 7.11 Å². The summed E-state index contributed by atoms with van der Waals surface area (Å²) in [6.45, 7) is 6.08. The molecule has 0 radical (unpaired) electrons. The molecule has 26 heavy (non-hydrogen) atoms. The van der Waals surface area contributed by atoms with Gasteiger partial charge in [-0.05, 0) is 50.8 Å². The third-order valence-electron chi connectivity index (χ3n) is 4.72. The minimum absolute atomic E-state index is 0. The summed E-state index contributed by atoms with van der Waals surface area (Å²) >= 11 is 0. The number of fused-ring (bicyclic) bond motifs is 2. The van der Waals surface area contributed by atoms with E-state index >= 15 is 0 Å². The van der Waals surface area contributed by atoms with Crippen molar-refractivity contribution in [3.8, 4) is 11.5 Å². The smallest absolute Gasteiger partial charge is 0.191 e. The maximum atomic E-state index is 5.92. The van der Waals surface area contributed by atoms with Gasteiger partial charge < -0.3 is 24.8 Å².